The number of ether oxygens (including phenoxy) is 3. The molecule has 0 radical (unpaired) electrons. The molecule has 0 spiro atoms. The molecule has 1 saturated heterocycles. The molecule has 1 atom stereocenters. The normalized spacial score (nSPS) is 15.3. The third-order valence-corrected chi connectivity index (χ3v) is 4.20. The Labute approximate surface area is 164 Å². The van der Waals surface area contributed by atoms with Gasteiger partial charge in [-0.25, -0.2) is 4.39 Å². The van der Waals surface area contributed by atoms with Crippen LogP contribution < -0.4 is 9.64 Å². The monoisotopic (exact) mass is 398 g/mol. The molecule has 1 heterocycles. The number of nitrogens with zero attached hydrogens (tertiary/aromatic N) is 2. The van der Waals surface area contributed by atoms with Gasteiger partial charge in [-0.05, 0) is 12.1 Å². The quantitative estimate of drug-likeness (QED) is 0.342. The van der Waals surface area contributed by atoms with Crippen LogP contribution in [0, 0.1) is 12.3 Å². The van der Waals surface area contributed by atoms with E-state index in [1.54, 1.807) is 0 Å². The molecule has 1 aromatic carbocycles. The second-order valence-electron chi connectivity index (χ2n) is 5.83. The Balaban J connectivity index is 1.71. The third-order valence-electron chi connectivity index (χ3n) is 4.01. The van der Waals surface area contributed by atoms with Crippen molar-refractivity contribution in [3.8, 4) is 18.1 Å². The Hall–Kier alpha value is -2.01. The van der Waals surface area contributed by atoms with Gasteiger partial charge in [0.05, 0.1) is 19.8 Å². The van der Waals surface area contributed by atoms with E-state index < -0.39 is 11.5 Å². The summed E-state index contributed by atoms with van der Waals surface area (Å²) in [4.78, 5) is 15.2. The highest BCUT2D eigenvalue weighted by Gasteiger charge is 2.26. The zero-order chi connectivity index (χ0) is 19.5. The standard InChI is InChI=1S/C19H24ClFN2O4/c1-2-10-25-11-12-26-13-14-27-17-5-3-4-16(15-17)22-6-8-23(9-7-22)19(24)18(20)21/h1,3-5,15,18H,6-14H2. The van der Waals surface area contributed by atoms with Crippen molar-refractivity contribution >= 4 is 23.2 Å². The predicted octanol–water partition coefficient (Wildman–Crippen LogP) is 1.91. The zero-order valence-electron chi connectivity index (χ0n) is 15.1. The average Bonchev–Trinajstić information content (AvgIpc) is 2.69. The number of amides is 1. The van der Waals surface area contributed by atoms with Crippen LogP contribution in [0.25, 0.3) is 0 Å². The molecule has 2 rings (SSSR count). The summed E-state index contributed by atoms with van der Waals surface area (Å²) in [6.45, 7) is 4.19. The van der Waals surface area contributed by atoms with Crippen molar-refractivity contribution in [2.75, 3.05) is 64.1 Å². The summed E-state index contributed by atoms with van der Waals surface area (Å²) in [5, 5.41) is 0. The van der Waals surface area contributed by atoms with Crippen molar-refractivity contribution in [3.63, 3.8) is 0 Å². The van der Waals surface area contributed by atoms with Crippen LogP contribution in [0.2, 0.25) is 0 Å². The number of carbonyl (C=O) groups is 1. The maximum Gasteiger partial charge on any atom is 0.272 e. The minimum absolute atomic E-state index is 0.287. The summed E-state index contributed by atoms with van der Waals surface area (Å²) in [6, 6.07) is 7.70. The number of piperazine rings is 1. The maximum atomic E-state index is 12.9. The molecular weight excluding hydrogens is 375 g/mol. The molecule has 0 saturated carbocycles. The van der Waals surface area contributed by atoms with Gasteiger partial charge in [-0.15, -0.1) is 6.42 Å². The number of anilines is 1. The summed E-state index contributed by atoms with van der Waals surface area (Å²) in [5.41, 5.74) is -0.981. The van der Waals surface area contributed by atoms with E-state index in [1.807, 2.05) is 24.3 Å². The highest BCUT2D eigenvalue weighted by atomic mass is 35.5. The fourth-order valence-corrected chi connectivity index (χ4v) is 2.80. The van der Waals surface area contributed by atoms with Crippen molar-refractivity contribution < 1.29 is 23.4 Å². The molecule has 0 N–H and O–H groups in total. The van der Waals surface area contributed by atoms with E-state index in [9.17, 15) is 9.18 Å². The van der Waals surface area contributed by atoms with Gasteiger partial charge in [-0.2, -0.15) is 0 Å². The summed E-state index contributed by atoms with van der Waals surface area (Å²) >= 11 is 5.23. The summed E-state index contributed by atoms with van der Waals surface area (Å²) in [5.74, 6) is 2.46. The number of rotatable bonds is 10. The van der Waals surface area contributed by atoms with Crippen LogP contribution in [0.1, 0.15) is 0 Å². The molecule has 1 fully saturated rings. The molecule has 0 aromatic heterocycles. The molecule has 6 nitrogen and oxygen atoms in total. The zero-order valence-corrected chi connectivity index (χ0v) is 15.9. The number of alkyl halides is 2. The number of halogens is 2. The Bertz CT molecular complexity index is 630. The van der Waals surface area contributed by atoms with E-state index in [-0.39, 0.29) is 6.61 Å². The van der Waals surface area contributed by atoms with Crippen molar-refractivity contribution in [2.45, 2.75) is 5.63 Å². The van der Waals surface area contributed by atoms with E-state index in [0.29, 0.717) is 52.6 Å². The van der Waals surface area contributed by atoms with Crippen LogP contribution in [0.3, 0.4) is 0 Å². The molecule has 0 bridgehead atoms. The number of terminal acetylenes is 1. The molecule has 0 aliphatic carbocycles. The second kappa shape index (κ2) is 11.7. The fraction of sp³-hybridized carbons (Fsp3) is 0.526. The summed E-state index contributed by atoms with van der Waals surface area (Å²) in [7, 11) is 0. The average molecular weight is 399 g/mol. The van der Waals surface area contributed by atoms with E-state index in [2.05, 4.69) is 10.8 Å². The number of carbonyl (C=O) groups excluding carboxylic acids is 1. The first kappa shape index (κ1) is 21.3. The lowest BCUT2D eigenvalue weighted by Crippen LogP contribution is -2.50. The number of hydrogen-bond acceptors (Lipinski definition) is 5. The van der Waals surface area contributed by atoms with Gasteiger partial charge in [0.1, 0.15) is 19.0 Å². The minimum atomic E-state index is -1.97. The van der Waals surface area contributed by atoms with Crippen LogP contribution in [0.15, 0.2) is 24.3 Å². The summed E-state index contributed by atoms with van der Waals surface area (Å²) in [6.07, 6.45) is 5.08. The van der Waals surface area contributed by atoms with Gasteiger partial charge in [-0.1, -0.05) is 23.6 Å². The van der Waals surface area contributed by atoms with Gasteiger partial charge in [-0.3, -0.25) is 4.79 Å². The van der Waals surface area contributed by atoms with Crippen molar-refractivity contribution in [1.29, 1.82) is 0 Å². The van der Waals surface area contributed by atoms with Crippen molar-refractivity contribution in [1.82, 2.24) is 4.90 Å². The van der Waals surface area contributed by atoms with Crippen LogP contribution in [-0.2, 0) is 14.3 Å². The molecule has 1 aliphatic heterocycles. The Morgan fingerprint density at radius 1 is 1.19 bits per heavy atom. The van der Waals surface area contributed by atoms with Gasteiger partial charge in [0.2, 0.25) is 0 Å². The number of benzene rings is 1. The molecule has 8 heteroatoms. The first-order chi connectivity index (χ1) is 13.1. The first-order valence-electron chi connectivity index (χ1n) is 8.75. The lowest BCUT2D eigenvalue weighted by molar-refractivity contribution is -0.133. The van der Waals surface area contributed by atoms with Crippen LogP contribution in [-0.4, -0.2) is 75.7 Å². The van der Waals surface area contributed by atoms with Crippen LogP contribution in [0.5, 0.6) is 5.75 Å². The lowest BCUT2D eigenvalue weighted by atomic mass is 10.2. The Morgan fingerprint density at radius 2 is 1.89 bits per heavy atom. The molecule has 1 unspecified atom stereocenters. The third kappa shape index (κ3) is 7.25. The predicted molar refractivity (Wildman–Crippen MR) is 102 cm³/mol. The molecule has 1 aromatic rings. The van der Waals surface area contributed by atoms with Crippen molar-refractivity contribution in [3.05, 3.63) is 24.3 Å². The van der Waals surface area contributed by atoms with Crippen molar-refractivity contribution in [2.24, 2.45) is 0 Å². The van der Waals surface area contributed by atoms with Crippen LogP contribution >= 0.6 is 11.6 Å². The minimum Gasteiger partial charge on any atom is -0.491 e. The van der Waals surface area contributed by atoms with Gasteiger partial charge < -0.3 is 24.0 Å². The maximum absolute atomic E-state index is 12.9. The molecule has 1 aliphatic rings. The molecule has 148 valence electrons. The largest absolute Gasteiger partial charge is 0.491 e. The topological polar surface area (TPSA) is 51.2 Å². The van der Waals surface area contributed by atoms with Gasteiger partial charge >= 0.3 is 0 Å². The van der Waals surface area contributed by atoms with E-state index in [4.69, 9.17) is 32.2 Å². The fourth-order valence-electron chi connectivity index (χ4n) is 2.66. The SMILES string of the molecule is C#CCOCCOCCOc1cccc(N2CCN(C(=O)C(F)Cl)CC2)c1. The molecule has 1 amide bonds. The van der Waals surface area contributed by atoms with E-state index in [1.165, 1.54) is 4.90 Å². The first-order valence-corrected chi connectivity index (χ1v) is 9.19. The lowest BCUT2D eigenvalue weighted by Gasteiger charge is -2.36. The van der Waals surface area contributed by atoms with E-state index in [0.717, 1.165) is 11.4 Å². The second-order valence-corrected chi connectivity index (χ2v) is 6.21. The smallest absolute Gasteiger partial charge is 0.272 e. The van der Waals surface area contributed by atoms with Gasteiger partial charge in [0, 0.05) is 37.9 Å². The Morgan fingerprint density at radius 3 is 2.59 bits per heavy atom. The van der Waals surface area contributed by atoms with E-state index >= 15 is 0 Å². The molecular formula is C19H24ClFN2O4. The highest BCUT2D eigenvalue weighted by Crippen LogP contribution is 2.22. The van der Waals surface area contributed by atoms with Crippen LogP contribution in [0.4, 0.5) is 10.1 Å². The van der Waals surface area contributed by atoms with Gasteiger partial charge in [0.25, 0.3) is 11.5 Å². The van der Waals surface area contributed by atoms with Gasteiger partial charge in [0.15, 0.2) is 0 Å². The number of hydrogen-bond donors (Lipinski definition) is 0. The Kier molecular flexibility index (Phi) is 9.19. The highest BCUT2D eigenvalue weighted by molar-refractivity contribution is 6.29. The summed E-state index contributed by atoms with van der Waals surface area (Å²) < 4.78 is 29.1. The molecule has 27 heavy (non-hydrogen) atoms.